The maximum Gasteiger partial charge on any atom is 0.245 e. The summed E-state index contributed by atoms with van der Waals surface area (Å²) < 4.78 is 29.6. The van der Waals surface area contributed by atoms with Crippen molar-refractivity contribution in [1.82, 2.24) is 19.0 Å². The molecule has 1 aliphatic heterocycles. The first kappa shape index (κ1) is 18.4. The van der Waals surface area contributed by atoms with Crippen LogP contribution in [0, 0.1) is 0 Å². The van der Waals surface area contributed by atoms with Crippen LogP contribution in [0.15, 0.2) is 35.2 Å². The zero-order valence-corrected chi connectivity index (χ0v) is 16.3. The molecule has 8 heteroatoms. The second kappa shape index (κ2) is 7.07. The highest BCUT2D eigenvalue weighted by atomic mass is 35.5. The van der Waals surface area contributed by atoms with Gasteiger partial charge in [0.05, 0.1) is 22.5 Å². The Morgan fingerprint density at radius 3 is 2.72 bits per heavy atom. The normalized spacial score (nSPS) is 19.0. The molecule has 0 N–H and O–H groups in total. The minimum absolute atomic E-state index is 0.160. The largest absolute Gasteiger partial charge is 0.304 e. The van der Waals surface area contributed by atoms with Gasteiger partial charge in [0, 0.05) is 20.1 Å². The van der Waals surface area contributed by atoms with E-state index < -0.39 is 10.0 Å². The summed E-state index contributed by atoms with van der Waals surface area (Å²) in [6.45, 7) is 1.24. The van der Waals surface area contributed by atoms with Gasteiger partial charge in [0.2, 0.25) is 10.0 Å². The Labute approximate surface area is 154 Å². The van der Waals surface area contributed by atoms with Crippen LogP contribution < -0.4 is 0 Å². The molecule has 1 fully saturated rings. The van der Waals surface area contributed by atoms with Crippen molar-refractivity contribution >= 4 is 21.6 Å². The predicted molar refractivity (Wildman–Crippen MR) is 97.9 cm³/mol. The van der Waals surface area contributed by atoms with Crippen molar-refractivity contribution in [2.75, 3.05) is 20.6 Å². The summed E-state index contributed by atoms with van der Waals surface area (Å²) in [6, 6.07) is 8.35. The monoisotopic (exact) mass is 382 g/mol. The second-order valence-electron chi connectivity index (χ2n) is 6.63. The van der Waals surface area contributed by atoms with Gasteiger partial charge < -0.3 is 4.90 Å². The van der Waals surface area contributed by atoms with Crippen molar-refractivity contribution in [3.8, 4) is 0 Å². The number of hydrogen-bond acceptors (Lipinski definition) is 4. The molecule has 25 heavy (non-hydrogen) atoms. The van der Waals surface area contributed by atoms with E-state index in [1.54, 1.807) is 24.3 Å². The molecule has 136 valence electrons. The van der Waals surface area contributed by atoms with Crippen LogP contribution in [0.3, 0.4) is 0 Å². The summed E-state index contributed by atoms with van der Waals surface area (Å²) in [4.78, 5) is 2.22. The van der Waals surface area contributed by atoms with E-state index in [-0.39, 0.29) is 16.0 Å². The van der Waals surface area contributed by atoms with E-state index in [0.29, 0.717) is 6.54 Å². The number of halogens is 1. The summed E-state index contributed by atoms with van der Waals surface area (Å²) in [5.74, 6) is 0. The quantitative estimate of drug-likeness (QED) is 0.797. The maximum atomic E-state index is 13.1. The molecule has 0 saturated carbocycles. The third-order valence-electron chi connectivity index (χ3n) is 4.44. The Hall–Kier alpha value is -1.41. The van der Waals surface area contributed by atoms with E-state index in [9.17, 15) is 8.42 Å². The average Bonchev–Trinajstić information content (AvgIpc) is 3.15. The summed E-state index contributed by atoms with van der Waals surface area (Å²) in [7, 11) is 2.23. The van der Waals surface area contributed by atoms with Gasteiger partial charge in [0.1, 0.15) is 4.90 Å². The summed E-state index contributed by atoms with van der Waals surface area (Å²) >= 11 is 6.14. The van der Waals surface area contributed by atoms with Crippen LogP contribution in [0.5, 0.6) is 0 Å². The van der Waals surface area contributed by atoms with Gasteiger partial charge in [-0.1, -0.05) is 23.7 Å². The molecule has 1 saturated heterocycles. The van der Waals surface area contributed by atoms with Gasteiger partial charge >= 0.3 is 0 Å². The number of benzene rings is 1. The molecule has 0 spiro atoms. The number of sulfonamides is 1. The summed E-state index contributed by atoms with van der Waals surface area (Å²) in [6.07, 6.45) is 1.58. The molecular weight excluding hydrogens is 360 g/mol. The van der Waals surface area contributed by atoms with Crippen molar-refractivity contribution in [2.24, 2.45) is 7.05 Å². The Morgan fingerprint density at radius 1 is 1.32 bits per heavy atom. The van der Waals surface area contributed by atoms with E-state index in [1.165, 1.54) is 4.31 Å². The molecule has 0 amide bonds. The molecule has 2 heterocycles. The highest BCUT2D eigenvalue weighted by molar-refractivity contribution is 7.89. The van der Waals surface area contributed by atoms with Crippen LogP contribution in [0.25, 0.3) is 0 Å². The van der Waals surface area contributed by atoms with Crippen molar-refractivity contribution in [3.05, 3.63) is 46.7 Å². The highest BCUT2D eigenvalue weighted by Crippen LogP contribution is 2.37. The van der Waals surface area contributed by atoms with Crippen LogP contribution in [-0.4, -0.2) is 48.0 Å². The van der Waals surface area contributed by atoms with Crippen molar-refractivity contribution in [1.29, 1.82) is 0 Å². The van der Waals surface area contributed by atoms with Crippen molar-refractivity contribution < 1.29 is 8.42 Å². The molecule has 3 rings (SSSR count). The molecule has 1 aromatic carbocycles. The third-order valence-corrected chi connectivity index (χ3v) is 6.85. The molecule has 6 nitrogen and oxygen atoms in total. The van der Waals surface area contributed by atoms with Gasteiger partial charge in [0.25, 0.3) is 0 Å². The number of hydrogen-bond donors (Lipinski definition) is 0. The fourth-order valence-corrected chi connectivity index (χ4v) is 5.43. The van der Waals surface area contributed by atoms with Crippen molar-refractivity contribution in [2.45, 2.75) is 30.3 Å². The molecule has 0 bridgehead atoms. The molecule has 1 atom stereocenters. The Balaban J connectivity index is 1.95. The van der Waals surface area contributed by atoms with Crippen LogP contribution in [0.4, 0.5) is 0 Å². The Bertz CT molecular complexity index is 863. The molecule has 2 aromatic rings. The van der Waals surface area contributed by atoms with Crippen LogP contribution in [-0.2, 0) is 23.6 Å². The highest BCUT2D eigenvalue weighted by Gasteiger charge is 2.38. The zero-order valence-electron chi connectivity index (χ0n) is 14.7. The number of aromatic nitrogens is 2. The number of nitrogens with zero attached hydrogens (tertiary/aromatic N) is 4. The first-order chi connectivity index (χ1) is 11.8. The number of rotatable bonds is 5. The summed E-state index contributed by atoms with van der Waals surface area (Å²) in [5.41, 5.74) is 1.86. The molecule has 0 aliphatic carbocycles. The lowest BCUT2D eigenvalue weighted by Crippen LogP contribution is -2.31. The standard InChI is InChI=1S/C17H23ClN4O2S/c1-20(2)12-13-11-15(19-21(13)3)16-8-6-10-22(16)25(23,24)17-9-5-4-7-14(17)18/h4-5,7,9,11,16H,6,8,10,12H2,1-3H3/t16-/m1/s1. The first-order valence-electron chi connectivity index (χ1n) is 8.24. The van der Waals surface area contributed by atoms with E-state index in [4.69, 9.17) is 11.6 Å². The lowest BCUT2D eigenvalue weighted by Gasteiger charge is -2.23. The first-order valence-corrected chi connectivity index (χ1v) is 10.1. The Morgan fingerprint density at radius 2 is 2.04 bits per heavy atom. The molecule has 1 aromatic heterocycles. The molecule has 1 aliphatic rings. The van der Waals surface area contributed by atoms with Gasteiger partial charge in [-0.25, -0.2) is 8.42 Å². The predicted octanol–water partition coefficient (Wildman–Crippen LogP) is 2.66. The van der Waals surface area contributed by atoms with Crippen LogP contribution in [0.1, 0.15) is 30.3 Å². The summed E-state index contributed by atoms with van der Waals surface area (Å²) in [5, 5.41) is 4.83. The SMILES string of the molecule is CN(C)Cc1cc([C@H]2CCCN2S(=O)(=O)c2ccccc2Cl)nn1C. The zero-order chi connectivity index (χ0) is 18.2. The molecular formula is C17H23ClN4O2S. The minimum atomic E-state index is -3.65. The van der Waals surface area contributed by atoms with Gasteiger partial charge in [-0.2, -0.15) is 9.40 Å². The van der Waals surface area contributed by atoms with Gasteiger partial charge in [0.15, 0.2) is 0 Å². The van der Waals surface area contributed by atoms with Crippen LogP contribution in [0.2, 0.25) is 5.02 Å². The van der Waals surface area contributed by atoms with E-state index in [2.05, 4.69) is 10.00 Å². The third kappa shape index (κ3) is 3.60. The fraction of sp³-hybridized carbons (Fsp3) is 0.471. The van der Waals surface area contributed by atoms with E-state index in [0.717, 1.165) is 30.8 Å². The van der Waals surface area contributed by atoms with Gasteiger partial charge in [-0.3, -0.25) is 4.68 Å². The second-order valence-corrected chi connectivity index (χ2v) is 8.89. The van der Waals surface area contributed by atoms with Gasteiger partial charge in [-0.15, -0.1) is 0 Å². The molecule has 0 unspecified atom stereocenters. The fourth-order valence-electron chi connectivity index (χ4n) is 3.27. The van der Waals surface area contributed by atoms with E-state index in [1.807, 2.05) is 31.9 Å². The maximum absolute atomic E-state index is 13.1. The van der Waals surface area contributed by atoms with Crippen molar-refractivity contribution in [3.63, 3.8) is 0 Å². The molecule has 0 radical (unpaired) electrons. The van der Waals surface area contributed by atoms with Gasteiger partial charge in [-0.05, 0) is 45.1 Å². The smallest absolute Gasteiger partial charge is 0.245 e. The number of aryl methyl sites for hydroxylation is 1. The van der Waals surface area contributed by atoms with Crippen LogP contribution >= 0.6 is 11.6 Å². The Kier molecular flexibility index (Phi) is 5.20. The lowest BCUT2D eigenvalue weighted by atomic mass is 10.1. The minimum Gasteiger partial charge on any atom is -0.304 e. The lowest BCUT2D eigenvalue weighted by molar-refractivity contribution is 0.384. The van der Waals surface area contributed by atoms with E-state index >= 15 is 0 Å². The topological polar surface area (TPSA) is 58.4 Å². The average molecular weight is 383 g/mol.